The second-order valence-corrected chi connectivity index (χ2v) is 9.57. The molecule has 0 aliphatic carbocycles. The fraction of sp³-hybridized carbons (Fsp3) is 0.350. The lowest BCUT2D eigenvalue weighted by atomic mass is 10.2. The van der Waals surface area contributed by atoms with Crippen LogP contribution in [-0.2, 0) is 22.1 Å². The van der Waals surface area contributed by atoms with Crippen LogP contribution in [-0.4, -0.2) is 51.1 Å². The lowest BCUT2D eigenvalue weighted by molar-refractivity contribution is -0.114. The van der Waals surface area contributed by atoms with Gasteiger partial charge in [0.2, 0.25) is 0 Å². The fourth-order valence-corrected chi connectivity index (χ4v) is 5.16. The molecule has 1 aliphatic rings. The molecule has 3 aromatic heterocycles. The van der Waals surface area contributed by atoms with Gasteiger partial charge in [-0.2, -0.15) is 17.8 Å². The Balaban J connectivity index is 1.62. The van der Waals surface area contributed by atoms with Crippen LogP contribution in [0.15, 0.2) is 30.6 Å². The average molecular weight is 463 g/mol. The van der Waals surface area contributed by atoms with E-state index < -0.39 is 16.1 Å². The highest BCUT2D eigenvalue weighted by molar-refractivity contribution is 7.87. The number of halogens is 1. The topological polar surface area (TPSA) is 102 Å². The maximum Gasteiger partial charge on any atom is 0.304 e. The van der Waals surface area contributed by atoms with Crippen molar-refractivity contribution in [3.63, 3.8) is 0 Å². The largest absolute Gasteiger partial charge is 0.304 e. The van der Waals surface area contributed by atoms with Gasteiger partial charge in [0.05, 0.1) is 10.7 Å². The van der Waals surface area contributed by atoms with Crippen molar-refractivity contribution in [2.45, 2.75) is 26.2 Å². The lowest BCUT2D eigenvalue weighted by Crippen LogP contribution is -2.45. The zero-order valence-corrected chi connectivity index (χ0v) is 18.8. The SMILES string of the molecule is Cc1nn(C)c(-n2ccc3cc(Cl)cnc32)c1C=CC(=O)NS(=O)(=O)N1CCCCC1. The molecule has 4 rings (SSSR count). The number of fused-ring (bicyclic) bond motifs is 1. The maximum absolute atomic E-state index is 12.4. The number of amides is 1. The van der Waals surface area contributed by atoms with Gasteiger partial charge in [0, 0.05) is 49.6 Å². The Morgan fingerprint density at radius 3 is 2.74 bits per heavy atom. The molecule has 1 saturated heterocycles. The molecule has 1 amide bonds. The van der Waals surface area contributed by atoms with Crippen molar-refractivity contribution in [2.75, 3.05) is 13.1 Å². The van der Waals surface area contributed by atoms with E-state index in [1.54, 1.807) is 24.0 Å². The smallest absolute Gasteiger partial charge is 0.285 e. The first kappa shape index (κ1) is 21.5. The minimum absolute atomic E-state index is 0.426. The zero-order chi connectivity index (χ0) is 22.2. The second kappa shape index (κ2) is 8.45. The minimum Gasteiger partial charge on any atom is -0.285 e. The lowest BCUT2D eigenvalue weighted by Gasteiger charge is -2.25. The van der Waals surface area contributed by atoms with Crippen LogP contribution in [0.1, 0.15) is 30.5 Å². The average Bonchev–Trinajstić information content (AvgIpc) is 3.25. The van der Waals surface area contributed by atoms with Crippen LogP contribution in [0.2, 0.25) is 5.02 Å². The third kappa shape index (κ3) is 4.36. The standard InChI is InChI=1S/C20H23ClN6O3S/c1-14-17(6-7-18(28)24-31(29,30)26-9-4-3-5-10-26)20(25(2)23-14)27-11-8-15-12-16(21)13-22-19(15)27/h6-8,11-13H,3-5,9-10H2,1-2H3,(H,24,28). The Kier molecular flexibility index (Phi) is 5.87. The van der Waals surface area contributed by atoms with Gasteiger partial charge in [-0.3, -0.25) is 14.0 Å². The molecular formula is C20H23ClN6O3S. The van der Waals surface area contributed by atoms with Crippen LogP contribution in [0, 0.1) is 6.92 Å². The normalized spacial score (nSPS) is 15.7. The molecule has 4 heterocycles. The van der Waals surface area contributed by atoms with Gasteiger partial charge in [-0.15, -0.1) is 0 Å². The Morgan fingerprint density at radius 1 is 1.26 bits per heavy atom. The predicted molar refractivity (Wildman–Crippen MR) is 119 cm³/mol. The van der Waals surface area contributed by atoms with E-state index in [1.165, 1.54) is 10.4 Å². The molecule has 0 bridgehead atoms. The van der Waals surface area contributed by atoms with E-state index >= 15 is 0 Å². The summed E-state index contributed by atoms with van der Waals surface area (Å²) in [5.74, 6) is -0.00712. The first-order chi connectivity index (χ1) is 14.8. The van der Waals surface area contributed by atoms with Crippen LogP contribution in [0.25, 0.3) is 22.9 Å². The Hall–Kier alpha value is -2.69. The van der Waals surface area contributed by atoms with Gasteiger partial charge in [0.25, 0.3) is 5.91 Å². The quantitative estimate of drug-likeness (QED) is 0.587. The third-order valence-corrected chi connectivity index (χ3v) is 6.96. The van der Waals surface area contributed by atoms with Crippen molar-refractivity contribution in [2.24, 2.45) is 7.05 Å². The Morgan fingerprint density at radius 2 is 2.00 bits per heavy atom. The van der Waals surface area contributed by atoms with Crippen molar-refractivity contribution in [1.29, 1.82) is 0 Å². The molecule has 0 unspecified atom stereocenters. The molecule has 1 fully saturated rings. The molecule has 0 aromatic carbocycles. The molecule has 1 N–H and O–H groups in total. The Bertz CT molecular complexity index is 1270. The highest BCUT2D eigenvalue weighted by Gasteiger charge is 2.25. The summed E-state index contributed by atoms with van der Waals surface area (Å²) in [6.07, 6.45) is 8.80. The summed E-state index contributed by atoms with van der Waals surface area (Å²) in [4.78, 5) is 16.8. The summed E-state index contributed by atoms with van der Waals surface area (Å²) in [7, 11) is -2.05. The number of pyridine rings is 1. The molecule has 3 aromatic rings. The van der Waals surface area contributed by atoms with Crippen LogP contribution < -0.4 is 4.72 Å². The van der Waals surface area contributed by atoms with E-state index in [4.69, 9.17) is 11.6 Å². The van der Waals surface area contributed by atoms with Gasteiger partial charge < -0.3 is 0 Å². The third-order valence-electron chi connectivity index (χ3n) is 5.24. The summed E-state index contributed by atoms with van der Waals surface area (Å²) < 4.78 is 31.8. The van der Waals surface area contributed by atoms with E-state index in [1.807, 2.05) is 29.8 Å². The number of aryl methyl sites for hydroxylation is 2. The van der Waals surface area contributed by atoms with Gasteiger partial charge >= 0.3 is 10.2 Å². The monoisotopic (exact) mass is 462 g/mol. The maximum atomic E-state index is 12.4. The molecule has 1 aliphatic heterocycles. The van der Waals surface area contributed by atoms with Crippen molar-refractivity contribution in [3.05, 3.63) is 46.9 Å². The Labute approximate surface area is 185 Å². The van der Waals surface area contributed by atoms with E-state index in [9.17, 15) is 13.2 Å². The number of carbonyl (C=O) groups excluding carboxylic acids is 1. The van der Waals surface area contributed by atoms with Gasteiger partial charge in [-0.05, 0) is 38.0 Å². The molecule has 9 nitrogen and oxygen atoms in total. The number of aromatic nitrogens is 4. The molecule has 0 saturated carbocycles. The van der Waals surface area contributed by atoms with Crippen LogP contribution in [0.5, 0.6) is 0 Å². The van der Waals surface area contributed by atoms with Gasteiger partial charge in [0.1, 0.15) is 11.5 Å². The highest BCUT2D eigenvalue weighted by Crippen LogP contribution is 2.25. The van der Waals surface area contributed by atoms with Crippen molar-refractivity contribution >= 4 is 44.8 Å². The number of carbonyl (C=O) groups is 1. The van der Waals surface area contributed by atoms with Gasteiger partial charge in [0.15, 0.2) is 0 Å². The van der Waals surface area contributed by atoms with Gasteiger partial charge in [-0.1, -0.05) is 18.0 Å². The second-order valence-electron chi connectivity index (χ2n) is 7.46. The van der Waals surface area contributed by atoms with Crippen molar-refractivity contribution in [3.8, 4) is 5.82 Å². The molecule has 0 spiro atoms. The van der Waals surface area contributed by atoms with Crippen LogP contribution in [0.4, 0.5) is 0 Å². The van der Waals surface area contributed by atoms with Crippen molar-refractivity contribution in [1.82, 2.24) is 28.4 Å². The molecule has 164 valence electrons. The van der Waals surface area contributed by atoms with E-state index in [2.05, 4.69) is 14.8 Å². The van der Waals surface area contributed by atoms with Gasteiger partial charge in [-0.25, -0.2) is 9.71 Å². The summed E-state index contributed by atoms with van der Waals surface area (Å²) in [6.45, 7) is 2.67. The number of piperidine rings is 1. The highest BCUT2D eigenvalue weighted by atomic mass is 35.5. The fourth-order valence-electron chi connectivity index (χ4n) is 3.80. The molecule has 0 atom stereocenters. The first-order valence-corrected chi connectivity index (χ1v) is 11.7. The zero-order valence-electron chi connectivity index (χ0n) is 17.2. The van der Waals surface area contributed by atoms with Crippen LogP contribution in [0.3, 0.4) is 0 Å². The first-order valence-electron chi connectivity index (χ1n) is 9.93. The van der Waals surface area contributed by atoms with E-state index in [-0.39, 0.29) is 0 Å². The van der Waals surface area contributed by atoms with E-state index in [0.717, 1.165) is 24.6 Å². The molecule has 0 radical (unpaired) electrons. The predicted octanol–water partition coefficient (Wildman–Crippen LogP) is 2.58. The number of nitrogens with zero attached hydrogens (tertiary/aromatic N) is 5. The summed E-state index contributed by atoms with van der Waals surface area (Å²) >= 11 is 6.04. The molecule has 31 heavy (non-hydrogen) atoms. The number of rotatable bonds is 5. The van der Waals surface area contributed by atoms with Crippen molar-refractivity contribution < 1.29 is 13.2 Å². The molecular weight excluding hydrogens is 440 g/mol. The summed E-state index contributed by atoms with van der Waals surface area (Å²) in [5.41, 5.74) is 2.07. The summed E-state index contributed by atoms with van der Waals surface area (Å²) in [5, 5.41) is 5.86. The summed E-state index contributed by atoms with van der Waals surface area (Å²) in [6, 6.07) is 3.71. The number of nitrogens with one attached hydrogen (secondary N) is 1. The number of hydrogen-bond acceptors (Lipinski definition) is 5. The minimum atomic E-state index is -3.84. The van der Waals surface area contributed by atoms with E-state index in [0.29, 0.717) is 40.8 Å². The number of hydrogen-bond donors (Lipinski definition) is 1. The molecule has 11 heteroatoms. The van der Waals surface area contributed by atoms with Crippen LogP contribution >= 0.6 is 11.6 Å².